The number of halogens is 1. The van der Waals surface area contributed by atoms with Crippen molar-refractivity contribution in [2.45, 2.75) is 6.92 Å². The lowest BCUT2D eigenvalue weighted by Gasteiger charge is -2.18. The molecule has 1 aliphatic rings. The van der Waals surface area contributed by atoms with Crippen molar-refractivity contribution in [3.63, 3.8) is 0 Å². The molecule has 1 heterocycles. The second kappa shape index (κ2) is 4.69. The Labute approximate surface area is 94.9 Å². The average Bonchev–Trinajstić information content (AvgIpc) is 2.25. The summed E-state index contributed by atoms with van der Waals surface area (Å²) in [4.78, 5) is 0. The van der Waals surface area contributed by atoms with Gasteiger partial charge in [0.1, 0.15) is 12.4 Å². The first-order chi connectivity index (χ1) is 7.29. The molecule has 0 saturated carbocycles. The summed E-state index contributed by atoms with van der Waals surface area (Å²) in [6.07, 6.45) is 2.15. The number of fused-ring (bicyclic) bond motifs is 1. The van der Waals surface area contributed by atoms with Crippen LogP contribution in [-0.2, 0) is 0 Å². The molecule has 0 fully saturated rings. The normalized spacial score (nSPS) is 14.1. The Morgan fingerprint density at radius 3 is 3.13 bits per heavy atom. The number of likely N-dealkylation sites (N-methyl/N-ethyl adjacent to an activating group) is 1. The first-order valence-electron chi connectivity index (χ1n) is 5.12. The summed E-state index contributed by atoms with van der Waals surface area (Å²) in [6, 6.07) is 5.70. The van der Waals surface area contributed by atoms with Crippen molar-refractivity contribution in [3.8, 4) is 5.75 Å². The second-order valence-corrected chi connectivity index (χ2v) is 3.99. The third kappa shape index (κ3) is 2.52. The minimum Gasteiger partial charge on any atom is -0.489 e. The zero-order valence-electron chi connectivity index (χ0n) is 8.72. The van der Waals surface area contributed by atoms with E-state index in [-0.39, 0.29) is 0 Å². The highest BCUT2D eigenvalue weighted by molar-refractivity contribution is 6.30. The Kier molecular flexibility index (Phi) is 3.29. The maximum Gasteiger partial charge on any atom is 0.127 e. The van der Waals surface area contributed by atoms with Crippen molar-refractivity contribution in [2.24, 2.45) is 0 Å². The van der Waals surface area contributed by atoms with Gasteiger partial charge in [0.2, 0.25) is 0 Å². The Hall–Kier alpha value is -0.990. The SMILES string of the molecule is CCNCC1=Cc2cc(Cl)ccc2OC1. The van der Waals surface area contributed by atoms with E-state index in [1.54, 1.807) is 0 Å². The highest BCUT2D eigenvalue weighted by Crippen LogP contribution is 2.28. The van der Waals surface area contributed by atoms with Crippen molar-refractivity contribution >= 4 is 17.7 Å². The zero-order valence-corrected chi connectivity index (χ0v) is 9.47. The predicted octanol–water partition coefficient (Wildman–Crippen LogP) is 2.73. The fourth-order valence-electron chi connectivity index (χ4n) is 1.58. The molecule has 0 radical (unpaired) electrons. The quantitative estimate of drug-likeness (QED) is 0.851. The van der Waals surface area contributed by atoms with Crippen LogP contribution in [0.4, 0.5) is 0 Å². The highest BCUT2D eigenvalue weighted by atomic mass is 35.5. The van der Waals surface area contributed by atoms with E-state index >= 15 is 0 Å². The van der Waals surface area contributed by atoms with Crippen molar-refractivity contribution in [1.82, 2.24) is 5.32 Å². The van der Waals surface area contributed by atoms with Crippen LogP contribution >= 0.6 is 11.6 Å². The molecule has 1 N–H and O–H groups in total. The molecule has 80 valence electrons. The number of ether oxygens (including phenoxy) is 1. The van der Waals surface area contributed by atoms with E-state index in [1.165, 1.54) is 5.57 Å². The molecule has 0 aliphatic carbocycles. The number of rotatable bonds is 3. The maximum atomic E-state index is 5.93. The number of hydrogen-bond acceptors (Lipinski definition) is 2. The molecule has 0 unspecified atom stereocenters. The van der Waals surface area contributed by atoms with Gasteiger partial charge in [-0.25, -0.2) is 0 Å². The molecule has 3 heteroatoms. The molecule has 0 amide bonds. The number of hydrogen-bond donors (Lipinski definition) is 1. The first-order valence-corrected chi connectivity index (χ1v) is 5.50. The van der Waals surface area contributed by atoms with Crippen LogP contribution in [0, 0.1) is 0 Å². The van der Waals surface area contributed by atoms with Crippen LogP contribution in [0.25, 0.3) is 6.08 Å². The van der Waals surface area contributed by atoms with Crippen molar-refractivity contribution in [2.75, 3.05) is 19.7 Å². The lowest BCUT2D eigenvalue weighted by Crippen LogP contribution is -2.21. The van der Waals surface area contributed by atoms with Gasteiger partial charge >= 0.3 is 0 Å². The van der Waals surface area contributed by atoms with Gasteiger partial charge in [0.05, 0.1) is 0 Å². The summed E-state index contributed by atoms with van der Waals surface area (Å²) < 4.78 is 5.62. The van der Waals surface area contributed by atoms with Gasteiger partial charge in [-0.2, -0.15) is 0 Å². The van der Waals surface area contributed by atoms with Crippen molar-refractivity contribution in [3.05, 3.63) is 34.4 Å². The van der Waals surface area contributed by atoms with Gasteiger partial charge in [-0.05, 0) is 36.4 Å². The predicted molar refractivity (Wildman–Crippen MR) is 63.5 cm³/mol. The zero-order chi connectivity index (χ0) is 10.7. The van der Waals surface area contributed by atoms with Crippen LogP contribution in [0.2, 0.25) is 5.02 Å². The third-order valence-electron chi connectivity index (χ3n) is 2.35. The minimum absolute atomic E-state index is 0.668. The molecule has 0 spiro atoms. The van der Waals surface area contributed by atoms with E-state index in [1.807, 2.05) is 18.2 Å². The average molecular weight is 224 g/mol. The van der Waals surface area contributed by atoms with E-state index in [9.17, 15) is 0 Å². The summed E-state index contributed by atoms with van der Waals surface area (Å²) in [5, 5.41) is 4.03. The second-order valence-electron chi connectivity index (χ2n) is 3.55. The van der Waals surface area contributed by atoms with E-state index < -0.39 is 0 Å². The van der Waals surface area contributed by atoms with Crippen LogP contribution in [0.1, 0.15) is 12.5 Å². The van der Waals surface area contributed by atoms with Gasteiger partial charge in [-0.15, -0.1) is 0 Å². The Morgan fingerprint density at radius 2 is 2.33 bits per heavy atom. The standard InChI is InChI=1S/C12H14ClNO/c1-2-14-7-9-5-10-6-11(13)3-4-12(10)15-8-9/h3-6,14H,2,7-8H2,1H3. The fourth-order valence-corrected chi connectivity index (χ4v) is 1.76. The summed E-state index contributed by atoms with van der Waals surface area (Å²) in [7, 11) is 0. The van der Waals surface area contributed by atoms with Crippen LogP contribution in [-0.4, -0.2) is 19.7 Å². The summed E-state index contributed by atoms with van der Waals surface area (Å²) >= 11 is 5.93. The first kappa shape index (κ1) is 10.5. The molecule has 0 saturated heterocycles. The molecule has 0 aromatic heterocycles. The Morgan fingerprint density at radius 1 is 1.47 bits per heavy atom. The summed E-state index contributed by atoms with van der Waals surface area (Å²) in [5.41, 5.74) is 2.33. The summed E-state index contributed by atoms with van der Waals surface area (Å²) in [6.45, 7) is 4.61. The number of benzene rings is 1. The molecule has 15 heavy (non-hydrogen) atoms. The number of nitrogens with one attached hydrogen (secondary N) is 1. The van der Waals surface area contributed by atoms with Crippen molar-refractivity contribution in [1.29, 1.82) is 0 Å². The van der Waals surface area contributed by atoms with Gasteiger partial charge in [-0.3, -0.25) is 0 Å². The minimum atomic E-state index is 0.668. The molecule has 0 bridgehead atoms. The van der Waals surface area contributed by atoms with Crippen LogP contribution in [0.3, 0.4) is 0 Å². The third-order valence-corrected chi connectivity index (χ3v) is 2.58. The topological polar surface area (TPSA) is 21.3 Å². The van der Waals surface area contributed by atoms with Gasteiger partial charge in [0.25, 0.3) is 0 Å². The highest BCUT2D eigenvalue weighted by Gasteiger charge is 2.10. The van der Waals surface area contributed by atoms with E-state index in [2.05, 4.69) is 18.3 Å². The van der Waals surface area contributed by atoms with E-state index in [0.717, 1.165) is 29.4 Å². The van der Waals surface area contributed by atoms with Gasteiger partial charge < -0.3 is 10.1 Å². The van der Waals surface area contributed by atoms with E-state index in [4.69, 9.17) is 16.3 Å². The van der Waals surface area contributed by atoms with Gasteiger partial charge in [-0.1, -0.05) is 18.5 Å². The Balaban J connectivity index is 2.20. The smallest absolute Gasteiger partial charge is 0.127 e. The lowest BCUT2D eigenvalue weighted by molar-refractivity contribution is 0.343. The molecular weight excluding hydrogens is 210 g/mol. The molecule has 1 aliphatic heterocycles. The van der Waals surface area contributed by atoms with Gasteiger partial charge in [0.15, 0.2) is 0 Å². The van der Waals surface area contributed by atoms with Crippen LogP contribution in [0.5, 0.6) is 5.75 Å². The maximum absolute atomic E-state index is 5.93. The largest absolute Gasteiger partial charge is 0.489 e. The molecule has 2 rings (SSSR count). The molecule has 1 aromatic carbocycles. The van der Waals surface area contributed by atoms with Crippen LogP contribution in [0.15, 0.2) is 23.8 Å². The monoisotopic (exact) mass is 223 g/mol. The molecule has 1 aromatic rings. The molecule has 2 nitrogen and oxygen atoms in total. The molecular formula is C12H14ClNO. The van der Waals surface area contributed by atoms with E-state index in [0.29, 0.717) is 6.61 Å². The molecule has 0 atom stereocenters. The summed E-state index contributed by atoms with van der Waals surface area (Å²) in [5.74, 6) is 0.916. The van der Waals surface area contributed by atoms with Gasteiger partial charge in [0, 0.05) is 17.1 Å². The fraction of sp³-hybridized carbons (Fsp3) is 0.333. The lowest BCUT2D eigenvalue weighted by atomic mass is 10.1. The van der Waals surface area contributed by atoms with Crippen LogP contribution < -0.4 is 10.1 Å². The van der Waals surface area contributed by atoms with Crippen molar-refractivity contribution < 1.29 is 4.74 Å². The Bertz CT molecular complexity index is 387.